The highest BCUT2D eigenvalue weighted by atomic mass is 19.1. The van der Waals surface area contributed by atoms with E-state index in [0.29, 0.717) is 17.9 Å². The van der Waals surface area contributed by atoms with Crippen molar-refractivity contribution < 1.29 is 19.0 Å². The number of amides is 1. The first-order chi connectivity index (χ1) is 10.4. The lowest BCUT2D eigenvalue weighted by Crippen LogP contribution is -2.45. The number of imidazole rings is 1. The Bertz CT molecular complexity index is 727. The summed E-state index contributed by atoms with van der Waals surface area (Å²) in [5.74, 6) is -1.15. The van der Waals surface area contributed by atoms with Gasteiger partial charge in [0.25, 0.3) is 0 Å². The summed E-state index contributed by atoms with van der Waals surface area (Å²) in [5, 5.41) is 9.42. The number of halogens is 1. The van der Waals surface area contributed by atoms with Crippen LogP contribution >= 0.6 is 0 Å². The van der Waals surface area contributed by atoms with Crippen LogP contribution in [0.25, 0.3) is 11.3 Å². The molecule has 0 radical (unpaired) electrons. The number of aromatic nitrogens is 2. The fraction of sp³-hybridized carbons (Fsp3) is 0.333. The number of carbonyl (C=O) groups is 1. The minimum absolute atomic E-state index is 0.233. The number of benzene rings is 1. The van der Waals surface area contributed by atoms with Crippen LogP contribution in [-0.4, -0.2) is 44.5 Å². The lowest BCUT2D eigenvalue weighted by molar-refractivity contribution is 0.140. The van der Waals surface area contributed by atoms with Gasteiger partial charge < -0.3 is 9.84 Å². The second-order valence-corrected chi connectivity index (χ2v) is 5.83. The fourth-order valence-corrected chi connectivity index (χ4v) is 2.34. The zero-order chi connectivity index (χ0) is 15.9. The summed E-state index contributed by atoms with van der Waals surface area (Å²) in [5.41, 5.74) is 0.624. The van der Waals surface area contributed by atoms with Gasteiger partial charge in [-0.05, 0) is 32.0 Å². The molecule has 1 aliphatic rings. The Hall–Kier alpha value is -2.41. The molecule has 1 amide bonds. The molecule has 1 N–H and O–H groups in total. The van der Waals surface area contributed by atoms with Crippen LogP contribution < -0.4 is 0 Å². The van der Waals surface area contributed by atoms with Crippen LogP contribution in [0.3, 0.4) is 0 Å². The Labute approximate surface area is 126 Å². The van der Waals surface area contributed by atoms with Crippen LogP contribution in [0, 0.1) is 5.82 Å². The van der Waals surface area contributed by atoms with E-state index in [-0.39, 0.29) is 18.3 Å². The molecule has 1 aromatic carbocycles. The van der Waals surface area contributed by atoms with Gasteiger partial charge in [-0.3, -0.25) is 9.47 Å². The van der Waals surface area contributed by atoms with Crippen molar-refractivity contribution in [2.45, 2.75) is 19.4 Å². The van der Waals surface area contributed by atoms with Crippen LogP contribution in [0.5, 0.6) is 5.75 Å². The van der Waals surface area contributed by atoms with Crippen molar-refractivity contribution in [3.63, 3.8) is 0 Å². The maximum Gasteiger partial charge on any atom is 0.331 e. The summed E-state index contributed by atoms with van der Waals surface area (Å²) >= 11 is 0. The Morgan fingerprint density at radius 1 is 1.45 bits per heavy atom. The second-order valence-electron chi connectivity index (χ2n) is 5.83. The molecule has 7 heteroatoms. The zero-order valence-electron chi connectivity index (χ0n) is 12.3. The largest absolute Gasteiger partial charge is 0.505 e. The summed E-state index contributed by atoms with van der Waals surface area (Å²) in [6.45, 7) is 4.56. The Morgan fingerprint density at radius 3 is 2.86 bits per heavy atom. The molecule has 0 saturated carbocycles. The molecule has 3 rings (SSSR count). The Kier molecular flexibility index (Phi) is 3.37. The van der Waals surface area contributed by atoms with E-state index in [1.807, 2.05) is 13.8 Å². The highest BCUT2D eigenvalue weighted by Crippen LogP contribution is 2.26. The van der Waals surface area contributed by atoms with Gasteiger partial charge >= 0.3 is 6.03 Å². The average molecular weight is 305 g/mol. The molecule has 0 unspecified atom stereocenters. The summed E-state index contributed by atoms with van der Waals surface area (Å²) < 4.78 is 19.8. The molecule has 0 aliphatic carbocycles. The van der Waals surface area contributed by atoms with Crippen molar-refractivity contribution in [2.75, 3.05) is 13.3 Å². The van der Waals surface area contributed by atoms with E-state index < -0.39 is 11.6 Å². The topological polar surface area (TPSA) is 67.6 Å². The van der Waals surface area contributed by atoms with E-state index in [9.17, 15) is 14.3 Å². The number of hydrogen-bond donors (Lipinski definition) is 1. The molecule has 0 atom stereocenters. The third kappa shape index (κ3) is 2.43. The highest BCUT2D eigenvalue weighted by molar-refractivity contribution is 5.79. The summed E-state index contributed by atoms with van der Waals surface area (Å²) in [6, 6.07) is 3.68. The summed E-state index contributed by atoms with van der Waals surface area (Å²) in [7, 11) is 0. The quantitative estimate of drug-likeness (QED) is 0.878. The van der Waals surface area contributed by atoms with Crippen molar-refractivity contribution >= 4 is 6.03 Å². The molecular formula is C15H16FN3O3. The summed E-state index contributed by atoms with van der Waals surface area (Å²) in [6.07, 6.45) is 2.94. The molecule has 1 fully saturated rings. The predicted octanol–water partition coefficient (Wildman–Crippen LogP) is 2.43. The molecule has 2 aromatic rings. The second kappa shape index (κ2) is 5.10. The Morgan fingerprint density at radius 2 is 2.23 bits per heavy atom. The standard InChI is InChI=1S/C15H16FN3O3/c1-15(2)7-22-9-19(15)14(21)18-6-12(17-8-18)10-3-4-11(16)13(20)5-10/h3-6,8,20H,7,9H2,1-2H3. The van der Waals surface area contributed by atoms with E-state index >= 15 is 0 Å². The van der Waals surface area contributed by atoms with Gasteiger partial charge in [0.2, 0.25) is 0 Å². The average Bonchev–Trinajstić information content (AvgIpc) is 3.07. The predicted molar refractivity (Wildman–Crippen MR) is 76.8 cm³/mol. The maximum absolute atomic E-state index is 13.1. The first-order valence-electron chi connectivity index (χ1n) is 6.81. The SMILES string of the molecule is CC1(C)COCN1C(=O)n1cnc(-c2ccc(F)c(O)c2)c1. The van der Waals surface area contributed by atoms with Gasteiger partial charge in [0.05, 0.1) is 17.8 Å². The van der Waals surface area contributed by atoms with Crippen molar-refractivity contribution in [1.82, 2.24) is 14.5 Å². The van der Waals surface area contributed by atoms with Crippen LogP contribution in [-0.2, 0) is 4.74 Å². The van der Waals surface area contributed by atoms with Crippen LogP contribution in [0.2, 0.25) is 0 Å². The molecule has 0 bridgehead atoms. The minimum atomic E-state index is -0.699. The van der Waals surface area contributed by atoms with Crippen molar-refractivity contribution in [3.8, 4) is 17.0 Å². The summed E-state index contributed by atoms with van der Waals surface area (Å²) in [4.78, 5) is 18.2. The van der Waals surface area contributed by atoms with E-state index in [1.165, 1.54) is 23.0 Å². The molecular weight excluding hydrogens is 289 g/mol. The first-order valence-corrected chi connectivity index (χ1v) is 6.81. The van der Waals surface area contributed by atoms with Gasteiger partial charge in [-0.25, -0.2) is 14.2 Å². The lowest BCUT2D eigenvalue weighted by atomic mass is 10.1. The first kappa shape index (κ1) is 14.5. The number of nitrogens with zero attached hydrogens (tertiary/aromatic N) is 3. The van der Waals surface area contributed by atoms with Crippen molar-refractivity contribution in [3.05, 3.63) is 36.5 Å². The van der Waals surface area contributed by atoms with Crippen LogP contribution in [0.1, 0.15) is 13.8 Å². The normalized spacial score (nSPS) is 17.0. The minimum Gasteiger partial charge on any atom is -0.505 e. The number of rotatable bonds is 1. The maximum atomic E-state index is 13.1. The van der Waals surface area contributed by atoms with Gasteiger partial charge in [-0.2, -0.15) is 0 Å². The van der Waals surface area contributed by atoms with Gasteiger partial charge in [-0.15, -0.1) is 0 Å². The lowest BCUT2D eigenvalue weighted by Gasteiger charge is -2.28. The molecule has 116 valence electrons. The zero-order valence-corrected chi connectivity index (χ0v) is 12.3. The monoisotopic (exact) mass is 305 g/mol. The molecule has 1 aliphatic heterocycles. The molecule has 1 aromatic heterocycles. The van der Waals surface area contributed by atoms with E-state index in [2.05, 4.69) is 4.98 Å². The number of carbonyl (C=O) groups excluding carboxylic acids is 1. The highest BCUT2D eigenvalue weighted by Gasteiger charge is 2.37. The number of hydrogen-bond acceptors (Lipinski definition) is 4. The number of aromatic hydroxyl groups is 1. The molecule has 0 spiro atoms. The van der Waals surface area contributed by atoms with Gasteiger partial charge in [-0.1, -0.05) is 0 Å². The van der Waals surface area contributed by atoms with Crippen LogP contribution in [0.15, 0.2) is 30.7 Å². The van der Waals surface area contributed by atoms with Gasteiger partial charge in [0, 0.05) is 11.8 Å². The molecule has 2 heterocycles. The molecule has 6 nitrogen and oxygen atoms in total. The number of phenols is 1. The fourth-order valence-electron chi connectivity index (χ4n) is 2.34. The third-order valence-corrected chi connectivity index (χ3v) is 3.68. The smallest absolute Gasteiger partial charge is 0.331 e. The number of phenolic OH excluding ortho intramolecular Hbond substituents is 1. The van der Waals surface area contributed by atoms with Crippen molar-refractivity contribution in [2.24, 2.45) is 0 Å². The van der Waals surface area contributed by atoms with E-state index in [1.54, 1.807) is 11.1 Å². The van der Waals surface area contributed by atoms with E-state index in [4.69, 9.17) is 4.74 Å². The van der Waals surface area contributed by atoms with Crippen LogP contribution in [0.4, 0.5) is 9.18 Å². The van der Waals surface area contributed by atoms with Crippen molar-refractivity contribution in [1.29, 1.82) is 0 Å². The van der Waals surface area contributed by atoms with Gasteiger partial charge in [0.1, 0.15) is 13.1 Å². The molecule has 22 heavy (non-hydrogen) atoms. The number of ether oxygens (including phenoxy) is 1. The van der Waals surface area contributed by atoms with E-state index in [0.717, 1.165) is 6.07 Å². The third-order valence-electron chi connectivity index (χ3n) is 3.68. The Balaban J connectivity index is 1.87. The van der Waals surface area contributed by atoms with Gasteiger partial charge in [0.15, 0.2) is 11.6 Å². The molecule has 1 saturated heterocycles.